The van der Waals surface area contributed by atoms with Gasteiger partial charge in [-0.25, -0.2) is 0 Å². The second-order valence-electron chi connectivity index (χ2n) is 5.09. The summed E-state index contributed by atoms with van der Waals surface area (Å²) in [5.41, 5.74) is 0.364. The van der Waals surface area contributed by atoms with E-state index in [4.69, 9.17) is 5.11 Å². The Balaban J connectivity index is 2.57. The monoisotopic (exact) mass is 241 g/mol. The second-order valence-corrected chi connectivity index (χ2v) is 5.09. The normalized spacial score (nSPS) is 21.0. The SMILES string of the molecule is CCC1(CC)CCN(C(=O)C(C)C(=O)O)CC1. The van der Waals surface area contributed by atoms with E-state index in [-0.39, 0.29) is 5.91 Å². The van der Waals surface area contributed by atoms with Gasteiger partial charge in [-0.05, 0) is 25.2 Å². The van der Waals surface area contributed by atoms with Gasteiger partial charge in [0.2, 0.25) is 5.91 Å². The second kappa shape index (κ2) is 5.52. The number of amides is 1. The first-order chi connectivity index (χ1) is 7.95. The Kier molecular flexibility index (Phi) is 4.54. The third kappa shape index (κ3) is 2.99. The van der Waals surface area contributed by atoms with Crippen molar-refractivity contribution in [2.24, 2.45) is 11.3 Å². The van der Waals surface area contributed by atoms with Crippen molar-refractivity contribution in [3.8, 4) is 0 Å². The molecule has 0 aromatic rings. The highest BCUT2D eigenvalue weighted by Crippen LogP contribution is 2.38. The van der Waals surface area contributed by atoms with Gasteiger partial charge in [-0.2, -0.15) is 0 Å². The highest BCUT2D eigenvalue weighted by atomic mass is 16.4. The molecule has 1 aliphatic rings. The van der Waals surface area contributed by atoms with Crippen LogP contribution >= 0.6 is 0 Å². The molecule has 1 N–H and O–H groups in total. The molecule has 0 radical (unpaired) electrons. The van der Waals surface area contributed by atoms with Gasteiger partial charge in [0, 0.05) is 13.1 Å². The summed E-state index contributed by atoms with van der Waals surface area (Å²) in [7, 11) is 0. The highest BCUT2D eigenvalue weighted by Gasteiger charge is 2.35. The summed E-state index contributed by atoms with van der Waals surface area (Å²) < 4.78 is 0. The van der Waals surface area contributed by atoms with Crippen molar-refractivity contribution in [1.29, 1.82) is 0 Å². The number of hydrogen-bond acceptors (Lipinski definition) is 2. The number of aliphatic carboxylic acids is 1. The Labute approximate surface area is 103 Å². The van der Waals surface area contributed by atoms with Gasteiger partial charge in [0.25, 0.3) is 0 Å². The van der Waals surface area contributed by atoms with Crippen LogP contribution in [0.25, 0.3) is 0 Å². The maximum absolute atomic E-state index is 11.9. The lowest BCUT2D eigenvalue weighted by Crippen LogP contribution is -2.46. The molecule has 1 heterocycles. The summed E-state index contributed by atoms with van der Waals surface area (Å²) in [6.07, 6.45) is 4.27. The lowest BCUT2D eigenvalue weighted by atomic mass is 9.74. The van der Waals surface area contributed by atoms with Gasteiger partial charge < -0.3 is 10.0 Å². The molecule has 0 aliphatic carbocycles. The van der Waals surface area contributed by atoms with Gasteiger partial charge in [-0.15, -0.1) is 0 Å². The van der Waals surface area contributed by atoms with Crippen LogP contribution < -0.4 is 0 Å². The van der Waals surface area contributed by atoms with Crippen LogP contribution in [0.2, 0.25) is 0 Å². The average molecular weight is 241 g/mol. The van der Waals surface area contributed by atoms with Crippen molar-refractivity contribution in [1.82, 2.24) is 4.90 Å². The number of likely N-dealkylation sites (tertiary alicyclic amines) is 1. The zero-order valence-electron chi connectivity index (χ0n) is 11.0. The number of carboxylic acid groups (broad SMARTS) is 1. The minimum atomic E-state index is -1.03. The van der Waals surface area contributed by atoms with E-state index in [1.165, 1.54) is 6.92 Å². The third-order valence-electron chi connectivity index (χ3n) is 4.38. The molecular weight excluding hydrogens is 218 g/mol. The van der Waals surface area contributed by atoms with Crippen molar-refractivity contribution < 1.29 is 14.7 Å². The lowest BCUT2D eigenvalue weighted by molar-refractivity contribution is -0.151. The van der Waals surface area contributed by atoms with Crippen molar-refractivity contribution in [3.05, 3.63) is 0 Å². The molecule has 1 amide bonds. The zero-order chi connectivity index (χ0) is 13.1. The Bertz CT molecular complexity index is 287. The summed E-state index contributed by atoms with van der Waals surface area (Å²) in [5, 5.41) is 8.83. The number of hydrogen-bond donors (Lipinski definition) is 1. The Morgan fingerprint density at radius 2 is 1.71 bits per heavy atom. The van der Waals surface area contributed by atoms with Crippen LogP contribution in [0.1, 0.15) is 46.5 Å². The number of carbonyl (C=O) groups excluding carboxylic acids is 1. The fourth-order valence-corrected chi connectivity index (χ4v) is 2.54. The average Bonchev–Trinajstić information content (AvgIpc) is 2.37. The molecule has 4 heteroatoms. The van der Waals surface area contributed by atoms with Crippen LogP contribution in [-0.4, -0.2) is 35.0 Å². The van der Waals surface area contributed by atoms with Gasteiger partial charge in [-0.3, -0.25) is 9.59 Å². The fourth-order valence-electron chi connectivity index (χ4n) is 2.54. The zero-order valence-corrected chi connectivity index (χ0v) is 11.0. The molecule has 98 valence electrons. The highest BCUT2D eigenvalue weighted by molar-refractivity contribution is 5.96. The van der Waals surface area contributed by atoms with Gasteiger partial charge in [-0.1, -0.05) is 26.7 Å². The molecule has 0 aromatic carbocycles. The van der Waals surface area contributed by atoms with Crippen LogP contribution in [0.3, 0.4) is 0 Å². The summed E-state index contributed by atoms with van der Waals surface area (Å²) >= 11 is 0. The van der Waals surface area contributed by atoms with Crippen LogP contribution in [0, 0.1) is 11.3 Å². The first-order valence-corrected chi connectivity index (χ1v) is 6.47. The summed E-state index contributed by atoms with van der Waals surface area (Å²) in [5.74, 6) is -2.18. The first-order valence-electron chi connectivity index (χ1n) is 6.47. The van der Waals surface area contributed by atoms with Crippen molar-refractivity contribution in [3.63, 3.8) is 0 Å². The molecule has 1 aliphatic heterocycles. The molecule has 1 saturated heterocycles. The lowest BCUT2D eigenvalue weighted by Gasteiger charge is -2.41. The molecule has 1 unspecified atom stereocenters. The van der Waals surface area contributed by atoms with E-state index in [0.29, 0.717) is 18.5 Å². The quantitative estimate of drug-likeness (QED) is 0.767. The van der Waals surface area contributed by atoms with Crippen LogP contribution in [0.15, 0.2) is 0 Å². The topological polar surface area (TPSA) is 57.6 Å². The summed E-state index contributed by atoms with van der Waals surface area (Å²) in [4.78, 5) is 24.4. The Hall–Kier alpha value is -1.06. The number of carboxylic acids is 1. The molecule has 0 spiro atoms. The van der Waals surface area contributed by atoms with Gasteiger partial charge in [0.15, 0.2) is 0 Å². The standard InChI is InChI=1S/C13H23NO3/c1-4-13(5-2)6-8-14(9-7-13)11(15)10(3)12(16)17/h10H,4-9H2,1-3H3,(H,16,17). The first kappa shape index (κ1) is 14.0. The molecular formula is C13H23NO3. The third-order valence-corrected chi connectivity index (χ3v) is 4.38. The van der Waals surface area contributed by atoms with Gasteiger partial charge in [0.05, 0.1) is 0 Å². The minimum Gasteiger partial charge on any atom is -0.481 e. The van der Waals surface area contributed by atoms with Crippen LogP contribution in [0.5, 0.6) is 0 Å². The maximum atomic E-state index is 11.9. The molecule has 1 fully saturated rings. The maximum Gasteiger partial charge on any atom is 0.315 e. The van der Waals surface area contributed by atoms with Crippen molar-refractivity contribution in [2.45, 2.75) is 46.5 Å². The molecule has 0 aromatic heterocycles. The molecule has 0 saturated carbocycles. The molecule has 1 atom stereocenters. The molecule has 17 heavy (non-hydrogen) atoms. The van der Waals surface area contributed by atoms with Crippen molar-refractivity contribution >= 4 is 11.9 Å². The van der Waals surface area contributed by atoms with Crippen molar-refractivity contribution in [2.75, 3.05) is 13.1 Å². The molecule has 4 nitrogen and oxygen atoms in total. The smallest absolute Gasteiger partial charge is 0.315 e. The van der Waals surface area contributed by atoms with E-state index in [9.17, 15) is 9.59 Å². The van der Waals surface area contributed by atoms with E-state index in [1.807, 2.05) is 0 Å². The van der Waals surface area contributed by atoms with E-state index >= 15 is 0 Å². The predicted octanol–water partition coefficient (Wildman–Crippen LogP) is 2.14. The number of carbonyl (C=O) groups is 2. The van der Waals surface area contributed by atoms with E-state index < -0.39 is 11.9 Å². The van der Waals surface area contributed by atoms with Crippen LogP contribution in [0.4, 0.5) is 0 Å². The Morgan fingerprint density at radius 1 is 1.24 bits per heavy atom. The van der Waals surface area contributed by atoms with Gasteiger partial charge >= 0.3 is 5.97 Å². The minimum absolute atomic E-state index is 0.238. The Morgan fingerprint density at radius 3 is 2.06 bits per heavy atom. The largest absolute Gasteiger partial charge is 0.481 e. The number of nitrogens with zero attached hydrogens (tertiary/aromatic N) is 1. The van der Waals surface area contributed by atoms with Gasteiger partial charge in [0.1, 0.15) is 5.92 Å². The van der Waals surface area contributed by atoms with Crippen LogP contribution in [-0.2, 0) is 9.59 Å². The predicted molar refractivity (Wildman–Crippen MR) is 65.6 cm³/mol. The molecule has 1 rings (SSSR count). The van der Waals surface area contributed by atoms with E-state index in [0.717, 1.165) is 25.7 Å². The fraction of sp³-hybridized carbons (Fsp3) is 0.846. The summed E-state index contributed by atoms with van der Waals surface area (Å²) in [6.45, 7) is 7.27. The number of piperidine rings is 1. The summed E-state index contributed by atoms with van der Waals surface area (Å²) in [6, 6.07) is 0. The number of rotatable bonds is 4. The molecule has 0 bridgehead atoms. The van der Waals surface area contributed by atoms with E-state index in [2.05, 4.69) is 13.8 Å². The van der Waals surface area contributed by atoms with E-state index in [1.54, 1.807) is 4.90 Å².